The fraction of sp³-hybridized carbons (Fsp3) is 0.400. The number of fused-ring (bicyclic) bond motifs is 1. The summed E-state index contributed by atoms with van der Waals surface area (Å²) in [5.74, 6) is -0.0410. The van der Waals surface area contributed by atoms with E-state index >= 15 is 0 Å². The van der Waals surface area contributed by atoms with Crippen LogP contribution in [0.5, 0.6) is 11.5 Å². The van der Waals surface area contributed by atoms with Crippen molar-refractivity contribution in [3.63, 3.8) is 0 Å². The number of hydrogen-bond acceptors (Lipinski definition) is 4. The summed E-state index contributed by atoms with van der Waals surface area (Å²) in [5, 5.41) is 2.62. The standard InChI is InChI=1S/C20H22F3NO3S/c1-13-4-6-15(7-5-13)28(25)12-19(20(21,22)23)16-11-18(27-3)17(26-2)10-14(16)8-9-24-19/h4-7,10-11,24H,8-9,12H2,1-3H3/t19-,28?/m0/s1. The highest BCUT2D eigenvalue weighted by Crippen LogP contribution is 2.46. The van der Waals surface area contributed by atoms with Crippen LogP contribution in [-0.4, -0.2) is 36.9 Å². The van der Waals surface area contributed by atoms with Crippen molar-refractivity contribution in [3.8, 4) is 11.5 Å². The number of nitrogens with one attached hydrogen (secondary N) is 1. The van der Waals surface area contributed by atoms with Crippen molar-refractivity contribution >= 4 is 10.8 Å². The van der Waals surface area contributed by atoms with Crippen LogP contribution in [0.15, 0.2) is 41.3 Å². The van der Waals surface area contributed by atoms with Crippen molar-refractivity contribution in [2.75, 3.05) is 26.5 Å². The van der Waals surface area contributed by atoms with Crippen LogP contribution in [0.1, 0.15) is 16.7 Å². The van der Waals surface area contributed by atoms with Gasteiger partial charge in [0.05, 0.1) is 30.8 Å². The van der Waals surface area contributed by atoms with Crippen LogP contribution in [0.3, 0.4) is 0 Å². The van der Waals surface area contributed by atoms with E-state index in [1.54, 1.807) is 30.3 Å². The highest BCUT2D eigenvalue weighted by Gasteiger charge is 2.58. The Hall–Kier alpha value is -2.06. The first-order valence-electron chi connectivity index (χ1n) is 8.74. The van der Waals surface area contributed by atoms with Gasteiger partial charge in [-0.05, 0) is 48.7 Å². The highest BCUT2D eigenvalue weighted by atomic mass is 32.2. The Balaban J connectivity index is 2.11. The molecule has 152 valence electrons. The Morgan fingerprint density at radius 3 is 2.29 bits per heavy atom. The van der Waals surface area contributed by atoms with E-state index in [1.165, 1.54) is 20.3 Å². The fourth-order valence-corrected chi connectivity index (χ4v) is 4.89. The number of hydrogen-bond donors (Lipinski definition) is 1. The fourth-order valence-electron chi connectivity index (χ4n) is 3.46. The lowest BCUT2D eigenvalue weighted by atomic mass is 9.82. The van der Waals surface area contributed by atoms with Crippen LogP contribution in [0.2, 0.25) is 0 Å². The third-order valence-electron chi connectivity index (χ3n) is 5.01. The molecule has 1 unspecified atom stereocenters. The van der Waals surface area contributed by atoms with E-state index < -0.39 is 28.3 Å². The molecule has 0 amide bonds. The number of halogens is 3. The Bertz CT molecular complexity index is 884. The molecule has 2 aromatic carbocycles. The van der Waals surface area contributed by atoms with Crippen molar-refractivity contribution in [1.82, 2.24) is 5.32 Å². The first-order chi connectivity index (χ1) is 13.2. The molecule has 28 heavy (non-hydrogen) atoms. The average molecular weight is 413 g/mol. The third kappa shape index (κ3) is 3.63. The molecule has 2 atom stereocenters. The monoisotopic (exact) mass is 413 g/mol. The molecule has 0 aliphatic carbocycles. The predicted octanol–water partition coefficient (Wildman–Crippen LogP) is 3.72. The van der Waals surface area contributed by atoms with Gasteiger partial charge in [-0.25, -0.2) is 0 Å². The average Bonchev–Trinajstić information content (AvgIpc) is 2.66. The molecule has 2 aromatic rings. The molecule has 0 aromatic heterocycles. The van der Waals surface area contributed by atoms with Gasteiger partial charge in [0.2, 0.25) is 0 Å². The molecule has 1 aliphatic heterocycles. The van der Waals surface area contributed by atoms with Crippen molar-refractivity contribution in [2.45, 2.75) is 30.0 Å². The van der Waals surface area contributed by atoms with Crippen LogP contribution in [-0.2, 0) is 22.8 Å². The zero-order chi connectivity index (χ0) is 20.5. The molecule has 1 N–H and O–H groups in total. The molecule has 1 aliphatic rings. The second-order valence-corrected chi connectivity index (χ2v) is 8.20. The summed E-state index contributed by atoms with van der Waals surface area (Å²) >= 11 is 0. The maximum absolute atomic E-state index is 14.4. The molecule has 3 rings (SSSR count). The number of ether oxygens (including phenoxy) is 2. The van der Waals surface area contributed by atoms with Gasteiger partial charge in [-0.2, -0.15) is 13.2 Å². The van der Waals surface area contributed by atoms with Gasteiger partial charge in [-0.3, -0.25) is 9.53 Å². The van der Waals surface area contributed by atoms with Crippen molar-refractivity contribution < 1.29 is 26.9 Å². The summed E-state index contributed by atoms with van der Waals surface area (Å²) in [5.41, 5.74) is -0.946. The number of alkyl halides is 3. The lowest BCUT2D eigenvalue weighted by molar-refractivity contribution is -0.195. The SMILES string of the molecule is COc1cc2c(cc1OC)[C@@](CS(=O)c1ccc(C)cc1)(C(F)(F)F)NCC2. The topological polar surface area (TPSA) is 47.6 Å². The molecule has 0 saturated carbocycles. The largest absolute Gasteiger partial charge is 0.493 e. The normalized spacial score (nSPS) is 20.4. The summed E-state index contributed by atoms with van der Waals surface area (Å²) in [6.07, 6.45) is -4.24. The highest BCUT2D eigenvalue weighted by molar-refractivity contribution is 7.85. The summed E-state index contributed by atoms with van der Waals surface area (Å²) in [6, 6.07) is 9.61. The minimum atomic E-state index is -4.65. The van der Waals surface area contributed by atoms with Crippen molar-refractivity contribution in [2.24, 2.45) is 0 Å². The zero-order valence-electron chi connectivity index (χ0n) is 15.9. The van der Waals surface area contributed by atoms with E-state index in [1.807, 2.05) is 6.92 Å². The quantitative estimate of drug-likeness (QED) is 0.812. The number of rotatable bonds is 5. The molecule has 0 fully saturated rings. The van der Waals surface area contributed by atoms with Gasteiger partial charge in [-0.1, -0.05) is 17.7 Å². The Morgan fingerprint density at radius 2 is 1.71 bits per heavy atom. The van der Waals surface area contributed by atoms with Crippen LogP contribution in [0.4, 0.5) is 13.2 Å². The van der Waals surface area contributed by atoms with Gasteiger partial charge >= 0.3 is 6.18 Å². The third-order valence-corrected chi connectivity index (χ3v) is 6.50. The molecule has 8 heteroatoms. The van der Waals surface area contributed by atoms with Gasteiger partial charge in [-0.15, -0.1) is 0 Å². The molecule has 1 heterocycles. The first kappa shape index (κ1) is 20.7. The Kier molecular flexibility index (Phi) is 5.72. The van der Waals surface area contributed by atoms with Crippen molar-refractivity contribution in [1.29, 1.82) is 0 Å². The van der Waals surface area contributed by atoms with Crippen LogP contribution < -0.4 is 14.8 Å². The molecular formula is C20H22F3NO3S. The lowest BCUT2D eigenvalue weighted by Gasteiger charge is -2.41. The molecule has 0 radical (unpaired) electrons. The van der Waals surface area contributed by atoms with E-state index in [2.05, 4.69) is 5.32 Å². The van der Waals surface area contributed by atoms with E-state index in [0.717, 1.165) is 5.56 Å². The van der Waals surface area contributed by atoms with Crippen LogP contribution >= 0.6 is 0 Å². The van der Waals surface area contributed by atoms with Gasteiger partial charge in [0.15, 0.2) is 17.0 Å². The first-order valence-corrected chi connectivity index (χ1v) is 10.1. The minimum absolute atomic E-state index is 0.0318. The van der Waals surface area contributed by atoms with Crippen molar-refractivity contribution in [3.05, 3.63) is 53.1 Å². The van der Waals surface area contributed by atoms with Gasteiger partial charge < -0.3 is 9.47 Å². The second kappa shape index (κ2) is 7.75. The summed E-state index contributed by atoms with van der Waals surface area (Å²) in [7, 11) is 0.962. The van der Waals surface area contributed by atoms with E-state index in [-0.39, 0.29) is 17.9 Å². The van der Waals surface area contributed by atoms with E-state index in [9.17, 15) is 17.4 Å². The maximum atomic E-state index is 14.4. The summed E-state index contributed by atoms with van der Waals surface area (Å²) in [6.45, 7) is 1.98. The number of aryl methyl sites for hydroxylation is 1. The molecular weight excluding hydrogens is 391 g/mol. The minimum Gasteiger partial charge on any atom is -0.493 e. The maximum Gasteiger partial charge on any atom is 0.411 e. The van der Waals surface area contributed by atoms with Gasteiger partial charge in [0.25, 0.3) is 0 Å². The lowest BCUT2D eigenvalue weighted by Crippen LogP contribution is -2.60. The summed E-state index contributed by atoms with van der Waals surface area (Å²) < 4.78 is 66.4. The predicted molar refractivity (Wildman–Crippen MR) is 101 cm³/mol. The van der Waals surface area contributed by atoms with E-state index in [4.69, 9.17) is 9.47 Å². The van der Waals surface area contributed by atoms with Gasteiger partial charge in [0.1, 0.15) is 0 Å². The molecule has 0 bridgehead atoms. The zero-order valence-corrected chi connectivity index (χ0v) is 16.7. The Labute approximate surface area is 164 Å². The smallest absolute Gasteiger partial charge is 0.411 e. The Morgan fingerprint density at radius 1 is 1.11 bits per heavy atom. The van der Waals surface area contributed by atoms with E-state index in [0.29, 0.717) is 22.6 Å². The molecule has 0 spiro atoms. The molecule has 4 nitrogen and oxygen atoms in total. The second-order valence-electron chi connectivity index (χ2n) is 6.75. The van der Waals surface area contributed by atoms with Crippen LogP contribution in [0.25, 0.3) is 0 Å². The van der Waals surface area contributed by atoms with Crippen LogP contribution in [0, 0.1) is 6.92 Å². The number of methoxy groups -OCH3 is 2. The molecule has 0 saturated heterocycles. The summed E-state index contributed by atoms with van der Waals surface area (Å²) in [4.78, 5) is 0.364. The number of benzene rings is 2. The van der Waals surface area contributed by atoms with Gasteiger partial charge in [0, 0.05) is 11.4 Å².